The van der Waals surface area contributed by atoms with Crippen LogP contribution in [0.3, 0.4) is 0 Å². The zero-order valence-electron chi connectivity index (χ0n) is 13.5. The van der Waals surface area contributed by atoms with Crippen LogP contribution in [0.2, 0.25) is 0 Å². The molecule has 2 rings (SSSR count). The highest BCUT2D eigenvalue weighted by molar-refractivity contribution is 6.03. The summed E-state index contributed by atoms with van der Waals surface area (Å²) in [4.78, 5) is 22.0. The van der Waals surface area contributed by atoms with Gasteiger partial charge < -0.3 is 10.2 Å². The maximum Gasteiger partial charge on any atom is 0.336 e. The smallest absolute Gasteiger partial charge is 0.336 e. The van der Waals surface area contributed by atoms with Gasteiger partial charge in [-0.05, 0) is 30.0 Å². The average Bonchev–Trinajstić information content (AvgIpc) is 2.55. The van der Waals surface area contributed by atoms with Crippen LogP contribution in [-0.2, 0) is 12.8 Å². The Balaban J connectivity index is 0.000000335. The standard InChI is InChI=1S/C12H14O4.C6H12/c1-3-7-5-6-9(11(13)14)10(12(15)16)8(7)4-2;1-2-4-6-5-3-1/h5-6H,3-4H2,1-2H3,(H,13,14)(H,15,16);1-6H2. The number of aryl methyl sites for hydroxylation is 1. The first-order valence-corrected chi connectivity index (χ1v) is 8.14. The minimum Gasteiger partial charge on any atom is -0.478 e. The molecule has 2 N–H and O–H groups in total. The molecule has 1 aromatic carbocycles. The third-order valence-electron chi connectivity index (χ3n) is 4.09. The Labute approximate surface area is 132 Å². The highest BCUT2D eigenvalue weighted by Gasteiger charge is 2.21. The van der Waals surface area contributed by atoms with Crippen molar-refractivity contribution in [3.05, 3.63) is 34.4 Å². The SMILES string of the molecule is C1CCCCC1.CCc1ccc(C(=O)O)c(C(=O)O)c1CC. The molecule has 0 atom stereocenters. The van der Waals surface area contributed by atoms with E-state index in [1.54, 1.807) is 6.07 Å². The molecule has 1 saturated carbocycles. The third kappa shape index (κ3) is 4.86. The molecule has 0 bridgehead atoms. The summed E-state index contributed by atoms with van der Waals surface area (Å²) >= 11 is 0. The number of carbonyl (C=O) groups is 2. The van der Waals surface area contributed by atoms with Crippen LogP contribution in [-0.4, -0.2) is 22.2 Å². The van der Waals surface area contributed by atoms with Crippen molar-refractivity contribution in [3.63, 3.8) is 0 Å². The van der Waals surface area contributed by atoms with Crippen molar-refractivity contribution in [1.29, 1.82) is 0 Å². The number of rotatable bonds is 4. The molecule has 0 heterocycles. The number of benzene rings is 1. The zero-order chi connectivity index (χ0) is 16.5. The van der Waals surface area contributed by atoms with Gasteiger partial charge >= 0.3 is 11.9 Å². The van der Waals surface area contributed by atoms with Gasteiger partial charge in [-0.2, -0.15) is 0 Å². The molecule has 0 spiro atoms. The summed E-state index contributed by atoms with van der Waals surface area (Å²) in [5.74, 6) is -2.38. The van der Waals surface area contributed by atoms with Gasteiger partial charge in [-0.1, -0.05) is 58.4 Å². The van der Waals surface area contributed by atoms with E-state index in [0.29, 0.717) is 18.4 Å². The molecule has 0 aromatic heterocycles. The molecule has 0 amide bonds. The maximum atomic E-state index is 11.1. The van der Waals surface area contributed by atoms with Gasteiger partial charge in [0.25, 0.3) is 0 Å². The number of carboxylic acid groups (broad SMARTS) is 2. The molecule has 1 fully saturated rings. The molecule has 22 heavy (non-hydrogen) atoms. The topological polar surface area (TPSA) is 74.6 Å². The third-order valence-corrected chi connectivity index (χ3v) is 4.09. The first-order valence-electron chi connectivity index (χ1n) is 8.14. The molecule has 0 unspecified atom stereocenters. The molecule has 1 aliphatic carbocycles. The summed E-state index contributed by atoms with van der Waals surface area (Å²) in [5.41, 5.74) is 1.30. The minimum atomic E-state index is -1.20. The van der Waals surface area contributed by atoms with Crippen LogP contribution in [0.1, 0.15) is 84.2 Å². The molecule has 1 aliphatic rings. The second-order valence-electron chi connectivity index (χ2n) is 5.56. The maximum absolute atomic E-state index is 11.1. The Bertz CT molecular complexity index is 505. The van der Waals surface area contributed by atoms with Gasteiger partial charge in [-0.15, -0.1) is 0 Å². The molecule has 0 saturated heterocycles. The monoisotopic (exact) mass is 306 g/mol. The van der Waals surface area contributed by atoms with E-state index in [1.165, 1.54) is 44.6 Å². The summed E-state index contributed by atoms with van der Waals surface area (Å²) in [6, 6.07) is 3.05. The van der Waals surface area contributed by atoms with Crippen LogP contribution >= 0.6 is 0 Å². The number of aromatic carboxylic acids is 2. The Morgan fingerprint density at radius 2 is 1.36 bits per heavy atom. The molecule has 4 heteroatoms. The lowest BCUT2D eigenvalue weighted by atomic mass is 9.93. The van der Waals surface area contributed by atoms with Gasteiger partial charge in [0, 0.05) is 0 Å². The van der Waals surface area contributed by atoms with E-state index in [4.69, 9.17) is 10.2 Å². The van der Waals surface area contributed by atoms with E-state index in [2.05, 4.69) is 0 Å². The Hall–Kier alpha value is -1.84. The summed E-state index contributed by atoms with van der Waals surface area (Å²) < 4.78 is 0. The fourth-order valence-electron chi connectivity index (χ4n) is 2.91. The normalized spacial score (nSPS) is 13.9. The lowest BCUT2D eigenvalue weighted by Crippen LogP contribution is -2.13. The van der Waals surface area contributed by atoms with Crippen LogP contribution in [0.4, 0.5) is 0 Å². The molecule has 0 radical (unpaired) electrons. The van der Waals surface area contributed by atoms with E-state index in [1.807, 2.05) is 13.8 Å². The molecule has 1 aromatic rings. The first kappa shape index (κ1) is 18.2. The first-order chi connectivity index (χ1) is 10.5. The second kappa shape index (κ2) is 9.23. The number of carboxylic acids is 2. The van der Waals surface area contributed by atoms with Gasteiger partial charge in [-0.25, -0.2) is 9.59 Å². The van der Waals surface area contributed by atoms with Crippen LogP contribution in [0.5, 0.6) is 0 Å². The van der Waals surface area contributed by atoms with E-state index >= 15 is 0 Å². The van der Waals surface area contributed by atoms with E-state index < -0.39 is 11.9 Å². The number of hydrogen-bond acceptors (Lipinski definition) is 2. The minimum absolute atomic E-state index is 0.0747. The predicted molar refractivity (Wildman–Crippen MR) is 86.8 cm³/mol. The Kier molecular flexibility index (Phi) is 7.64. The molecule has 0 aliphatic heterocycles. The zero-order valence-corrected chi connectivity index (χ0v) is 13.5. The van der Waals surface area contributed by atoms with Crippen molar-refractivity contribution < 1.29 is 19.8 Å². The average molecular weight is 306 g/mol. The molecule has 122 valence electrons. The lowest BCUT2D eigenvalue weighted by molar-refractivity contribution is 0.0650. The quantitative estimate of drug-likeness (QED) is 0.855. The van der Waals surface area contributed by atoms with Crippen molar-refractivity contribution in [2.75, 3.05) is 0 Å². The fourth-order valence-corrected chi connectivity index (χ4v) is 2.91. The fraction of sp³-hybridized carbons (Fsp3) is 0.556. The van der Waals surface area contributed by atoms with Crippen molar-refractivity contribution in [2.45, 2.75) is 65.2 Å². The Morgan fingerprint density at radius 1 is 0.864 bits per heavy atom. The van der Waals surface area contributed by atoms with Gasteiger partial charge in [0.15, 0.2) is 0 Å². The largest absolute Gasteiger partial charge is 0.478 e. The van der Waals surface area contributed by atoms with E-state index in [-0.39, 0.29) is 11.1 Å². The highest BCUT2D eigenvalue weighted by atomic mass is 16.4. The second-order valence-corrected chi connectivity index (χ2v) is 5.56. The summed E-state index contributed by atoms with van der Waals surface area (Å²) in [7, 11) is 0. The number of hydrogen-bond donors (Lipinski definition) is 2. The predicted octanol–water partition coefficient (Wildman–Crippen LogP) is 4.55. The van der Waals surface area contributed by atoms with Crippen molar-refractivity contribution in [1.82, 2.24) is 0 Å². The molecule has 4 nitrogen and oxygen atoms in total. The van der Waals surface area contributed by atoms with Gasteiger partial charge in [0.05, 0.1) is 11.1 Å². The summed E-state index contributed by atoms with van der Waals surface area (Å²) in [6.07, 6.45) is 10.2. The molecular formula is C18H26O4. The molecular weight excluding hydrogens is 280 g/mol. The van der Waals surface area contributed by atoms with Gasteiger partial charge in [0.2, 0.25) is 0 Å². The van der Waals surface area contributed by atoms with Crippen molar-refractivity contribution in [2.24, 2.45) is 0 Å². The summed E-state index contributed by atoms with van der Waals surface area (Å²) in [6.45, 7) is 3.74. The van der Waals surface area contributed by atoms with Crippen LogP contribution in [0.15, 0.2) is 12.1 Å². The summed E-state index contributed by atoms with van der Waals surface area (Å²) in [5, 5.41) is 18.0. The van der Waals surface area contributed by atoms with Crippen LogP contribution in [0, 0.1) is 0 Å². The van der Waals surface area contributed by atoms with Crippen LogP contribution < -0.4 is 0 Å². The lowest BCUT2D eigenvalue weighted by Gasteiger charge is -2.12. The van der Waals surface area contributed by atoms with Gasteiger partial charge in [0.1, 0.15) is 0 Å². The van der Waals surface area contributed by atoms with E-state index in [0.717, 1.165) is 5.56 Å². The van der Waals surface area contributed by atoms with Crippen molar-refractivity contribution >= 4 is 11.9 Å². The highest BCUT2D eigenvalue weighted by Crippen LogP contribution is 2.21. The Morgan fingerprint density at radius 3 is 1.68 bits per heavy atom. The van der Waals surface area contributed by atoms with Gasteiger partial charge in [-0.3, -0.25) is 0 Å². The van der Waals surface area contributed by atoms with E-state index in [9.17, 15) is 9.59 Å². The van der Waals surface area contributed by atoms with Crippen molar-refractivity contribution in [3.8, 4) is 0 Å². The van der Waals surface area contributed by atoms with Crippen LogP contribution in [0.25, 0.3) is 0 Å².